The van der Waals surface area contributed by atoms with Crippen molar-refractivity contribution in [2.45, 2.75) is 78.5 Å². The lowest BCUT2D eigenvalue weighted by Crippen LogP contribution is -2.53. The predicted molar refractivity (Wildman–Crippen MR) is 170 cm³/mol. The molecule has 230 valence electrons. The minimum Gasteiger partial charge on any atom is -0.497 e. The van der Waals surface area contributed by atoms with Crippen molar-refractivity contribution in [3.05, 3.63) is 95.1 Å². The molecule has 3 rings (SSSR count). The van der Waals surface area contributed by atoms with Crippen molar-refractivity contribution in [2.24, 2.45) is 0 Å². The molecule has 0 aliphatic carbocycles. The molecule has 0 spiro atoms. The van der Waals surface area contributed by atoms with E-state index in [-0.39, 0.29) is 18.2 Å². The number of hydrogen-bond acceptors (Lipinski definition) is 5. The molecule has 3 amide bonds. The van der Waals surface area contributed by atoms with Crippen LogP contribution in [-0.4, -0.2) is 48.1 Å². The van der Waals surface area contributed by atoms with E-state index in [0.29, 0.717) is 24.4 Å². The highest BCUT2D eigenvalue weighted by atomic mass is 16.6. The number of nitrogens with one attached hydrogen (secondary N) is 2. The molecule has 3 aromatic rings. The second kappa shape index (κ2) is 15.2. The van der Waals surface area contributed by atoms with E-state index in [1.807, 2.05) is 69.3 Å². The average Bonchev–Trinajstić information content (AvgIpc) is 2.95. The Morgan fingerprint density at radius 2 is 1.60 bits per heavy atom. The second-order valence-electron chi connectivity index (χ2n) is 11.8. The normalized spacial score (nSPS) is 12.5. The summed E-state index contributed by atoms with van der Waals surface area (Å²) in [7, 11) is 1.58. The van der Waals surface area contributed by atoms with E-state index >= 15 is 0 Å². The molecule has 0 fully saturated rings. The Labute approximate surface area is 255 Å². The molecule has 3 aromatic carbocycles. The Hall–Kier alpha value is -4.33. The number of carbonyl (C=O) groups is 3. The molecule has 2 N–H and O–H groups in total. The SMILES string of the molecule is CCCCN(C(=O)C(Cc1ccccc1)NC(=O)OC(C)(C)C)C(C(=O)Nc1ccc(OC)cc1)c1ccc(C)cc1C. The van der Waals surface area contributed by atoms with Gasteiger partial charge in [0.2, 0.25) is 5.91 Å². The lowest BCUT2D eigenvalue weighted by atomic mass is 9.95. The molecule has 43 heavy (non-hydrogen) atoms. The Morgan fingerprint density at radius 3 is 2.19 bits per heavy atom. The van der Waals surface area contributed by atoms with Crippen molar-refractivity contribution >= 4 is 23.6 Å². The third-order valence-electron chi connectivity index (χ3n) is 6.94. The molecule has 0 aliphatic rings. The zero-order chi connectivity index (χ0) is 31.6. The molecule has 0 saturated heterocycles. The highest BCUT2D eigenvalue weighted by molar-refractivity contribution is 5.99. The maximum Gasteiger partial charge on any atom is 0.408 e. The number of amides is 3. The van der Waals surface area contributed by atoms with E-state index in [0.717, 1.165) is 28.7 Å². The molecule has 0 aliphatic heterocycles. The van der Waals surface area contributed by atoms with Crippen LogP contribution in [0.4, 0.5) is 10.5 Å². The van der Waals surface area contributed by atoms with Crippen LogP contribution in [0.1, 0.15) is 68.8 Å². The predicted octanol–water partition coefficient (Wildman–Crippen LogP) is 6.76. The molecule has 0 aromatic heterocycles. The number of hydrogen-bond donors (Lipinski definition) is 2. The van der Waals surface area contributed by atoms with Gasteiger partial charge in [-0.25, -0.2) is 4.79 Å². The van der Waals surface area contributed by atoms with Crippen molar-refractivity contribution in [3.8, 4) is 5.75 Å². The zero-order valence-electron chi connectivity index (χ0n) is 26.4. The van der Waals surface area contributed by atoms with Gasteiger partial charge in [0.15, 0.2) is 0 Å². The molecule has 0 saturated carbocycles. The van der Waals surface area contributed by atoms with Gasteiger partial charge in [-0.1, -0.05) is 67.4 Å². The van der Waals surface area contributed by atoms with Gasteiger partial charge in [0.05, 0.1) is 7.11 Å². The lowest BCUT2D eigenvalue weighted by molar-refractivity contribution is -0.140. The fourth-order valence-corrected chi connectivity index (χ4v) is 4.86. The molecule has 0 bridgehead atoms. The van der Waals surface area contributed by atoms with Crippen molar-refractivity contribution in [1.82, 2.24) is 10.2 Å². The maximum atomic E-state index is 14.5. The van der Waals surface area contributed by atoms with Gasteiger partial charge in [-0.2, -0.15) is 0 Å². The van der Waals surface area contributed by atoms with E-state index in [1.165, 1.54) is 0 Å². The largest absolute Gasteiger partial charge is 0.497 e. The first-order valence-electron chi connectivity index (χ1n) is 14.8. The topological polar surface area (TPSA) is 97.0 Å². The minimum absolute atomic E-state index is 0.237. The minimum atomic E-state index is -0.962. The molecule has 0 heterocycles. The molecule has 8 heteroatoms. The number of aryl methyl sites for hydroxylation is 2. The number of benzene rings is 3. The first kappa shape index (κ1) is 33.2. The van der Waals surface area contributed by atoms with E-state index in [2.05, 4.69) is 10.6 Å². The number of carbonyl (C=O) groups excluding carboxylic acids is 3. The van der Waals surface area contributed by atoms with Crippen LogP contribution in [-0.2, 0) is 20.7 Å². The Morgan fingerprint density at radius 1 is 0.930 bits per heavy atom. The summed E-state index contributed by atoms with van der Waals surface area (Å²) in [6, 6.07) is 20.5. The van der Waals surface area contributed by atoms with Gasteiger partial charge in [-0.15, -0.1) is 0 Å². The van der Waals surface area contributed by atoms with Crippen molar-refractivity contribution in [3.63, 3.8) is 0 Å². The lowest BCUT2D eigenvalue weighted by Gasteiger charge is -2.35. The summed E-state index contributed by atoms with van der Waals surface area (Å²) in [5.41, 5.74) is 3.37. The van der Waals surface area contributed by atoms with Gasteiger partial charge in [-0.3, -0.25) is 9.59 Å². The molecular weight excluding hydrogens is 542 g/mol. The standard InChI is InChI=1S/C35H45N3O5/c1-8-9-21-38(33(40)30(23-26-13-11-10-12-14-26)37-34(41)43-35(4,5)6)31(29-20-15-24(2)22-25(29)3)32(39)36-27-16-18-28(42-7)19-17-27/h10-20,22,30-31H,8-9,21,23H2,1-7H3,(H,36,39)(H,37,41). The van der Waals surface area contributed by atoms with Crippen LogP contribution in [0.2, 0.25) is 0 Å². The van der Waals surface area contributed by atoms with E-state index < -0.39 is 23.8 Å². The zero-order valence-corrected chi connectivity index (χ0v) is 26.4. The molecular formula is C35H45N3O5. The number of rotatable bonds is 12. The number of unbranched alkanes of at least 4 members (excludes halogenated alkanes) is 1. The number of alkyl carbamates (subject to hydrolysis) is 1. The van der Waals surface area contributed by atoms with Gasteiger partial charge in [0, 0.05) is 18.7 Å². The quantitative estimate of drug-likeness (QED) is 0.244. The smallest absolute Gasteiger partial charge is 0.408 e. The van der Waals surface area contributed by atoms with Crippen LogP contribution in [0.25, 0.3) is 0 Å². The summed E-state index contributed by atoms with van der Waals surface area (Å²) < 4.78 is 10.8. The Kier molecular flexibility index (Phi) is 11.8. The fourth-order valence-electron chi connectivity index (χ4n) is 4.86. The van der Waals surface area contributed by atoms with Crippen LogP contribution in [0.5, 0.6) is 5.75 Å². The van der Waals surface area contributed by atoms with Crippen LogP contribution in [0, 0.1) is 13.8 Å². The van der Waals surface area contributed by atoms with Gasteiger partial charge < -0.3 is 25.0 Å². The van der Waals surface area contributed by atoms with Crippen molar-refractivity contribution < 1.29 is 23.9 Å². The van der Waals surface area contributed by atoms with Crippen molar-refractivity contribution in [1.29, 1.82) is 0 Å². The second-order valence-corrected chi connectivity index (χ2v) is 11.8. The number of methoxy groups -OCH3 is 1. The van der Waals surface area contributed by atoms with Crippen LogP contribution in [0.3, 0.4) is 0 Å². The summed E-state index contributed by atoms with van der Waals surface area (Å²) in [6.07, 6.45) is 1.03. The number of nitrogens with zero attached hydrogens (tertiary/aromatic N) is 1. The van der Waals surface area contributed by atoms with Gasteiger partial charge in [0.25, 0.3) is 5.91 Å². The molecule has 8 nitrogen and oxygen atoms in total. The summed E-state index contributed by atoms with van der Waals surface area (Å²) >= 11 is 0. The van der Waals surface area contributed by atoms with E-state index in [9.17, 15) is 14.4 Å². The molecule has 2 unspecified atom stereocenters. The van der Waals surface area contributed by atoms with Crippen LogP contribution >= 0.6 is 0 Å². The summed E-state index contributed by atoms with van der Waals surface area (Å²) in [5.74, 6) is -0.0454. The van der Waals surface area contributed by atoms with Crippen LogP contribution < -0.4 is 15.4 Å². The van der Waals surface area contributed by atoms with Gasteiger partial charge in [0.1, 0.15) is 23.4 Å². The first-order valence-corrected chi connectivity index (χ1v) is 14.8. The Bertz CT molecular complexity index is 1370. The number of anilines is 1. The van der Waals surface area contributed by atoms with E-state index in [1.54, 1.807) is 57.0 Å². The Balaban J connectivity index is 2.07. The maximum absolute atomic E-state index is 14.5. The molecule has 2 atom stereocenters. The average molecular weight is 588 g/mol. The number of ether oxygens (including phenoxy) is 2. The molecule has 0 radical (unpaired) electrons. The van der Waals surface area contributed by atoms with Crippen molar-refractivity contribution in [2.75, 3.05) is 19.0 Å². The van der Waals surface area contributed by atoms with Gasteiger partial charge >= 0.3 is 6.09 Å². The third-order valence-corrected chi connectivity index (χ3v) is 6.94. The summed E-state index contributed by atoms with van der Waals surface area (Å²) in [4.78, 5) is 43.3. The fraction of sp³-hybridized carbons (Fsp3) is 0.400. The third kappa shape index (κ3) is 9.87. The summed E-state index contributed by atoms with van der Waals surface area (Å²) in [5, 5.41) is 5.82. The summed E-state index contributed by atoms with van der Waals surface area (Å²) in [6.45, 7) is 11.6. The van der Waals surface area contributed by atoms with Gasteiger partial charge in [-0.05, 0) is 82.0 Å². The van der Waals surface area contributed by atoms with E-state index in [4.69, 9.17) is 9.47 Å². The highest BCUT2D eigenvalue weighted by Gasteiger charge is 2.37. The highest BCUT2D eigenvalue weighted by Crippen LogP contribution is 2.29. The monoisotopic (exact) mass is 587 g/mol. The first-order chi connectivity index (χ1) is 20.4. The van der Waals surface area contributed by atoms with Crippen LogP contribution in [0.15, 0.2) is 72.8 Å².